The van der Waals surface area contributed by atoms with Crippen LogP contribution in [0.2, 0.25) is 5.02 Å². The Bertz CT molecular complexity index is 406. The second-order valence-corrected chi connectivity index (χ2v) is 5.97. The fourth-order valence-electron chi connectivity index (χ4n) is 2.78. The molecule has 1 atom stereocenters. The first-order valence-electron chi connectivity index (χ1n) is 7.40. The molecule has 0 aromatic heterocycles. The summed E-state index contributed by atoms with van der Waals surface area (Å²) in [6, 6.07) is 7.06. The van der Waals surface area contributed by atoms with E-state index in [9.17, 15) is 0 Å². The van der Waals surface area contributed by atoms with Crippen LogP contribution in [0.4, 0.5) is 0 Å². The molecule has 1 N–H and O–H groups in total. The van der Waals surface area contributed by atoms with Crippen LogP contribution in [0.1, 0.15) is 37.3 Å². The predicted octanol–water partition coefficient (Wildman–Crippen LogP) is 3.61. The van der Waals surface area contributed by atoms with E-state index in [-0.39, 0.29) is 0 Å². The molecule has 2 rings (SSSR count). The van der Waals surface area contributed by atoms with E-state index in [0.29, 0.717) is 6.04 Å². The van der Waals surface area contributed by atoms with E-state index in [1.807, 2.05) is 0 Å². The van der Waals surface area contributed by atoms with Crippen LogP contribution in [-0.4, -0.2) is 30.6 Å². The number of nitrogens with one attached hydrogen (secondary N) is 1. The van der Waals surface area contributed by atoms with Crippen LogP contribution < -0.4 is 5.32 Å². The number of hydrogen-bond donors (Lipinski definition) is 1. The second kappa shape index (κ2) is 7.28. The Morgan fingerprint density at radius 3 is 3.00 bits per heavy atom. The van der Waals surface area contributed by atoms with Crippen LogP contribution in [0, 0.1) is 6.92 Å². The smallest absolute Gasteiger partial charge is 0.0453 e. The predicted molar refractivity (Wildman–Crippen MR) is 82.8 cm³/mol. The van der Waals surface area contributed by atoms with Gasteiger partial charge in [0.05, 0.1) is 0 Å². The molecule has 1 fully saturated rings. The van der Waals surface area contributed by atoms with Gasteiger partial charge in [-0.25, -0.2) is 0 Å². The van der Waals surface area contributed by atoms with Gasteiger partial charge in [0.2, 0.25) is 0 Å². The van der Waals surface area contributed by atoms with Crippen molar-refractivity contribution < 1.29 is 0 Å². The highest BCUT2D eigenvalue weighted by atomic mass is 35.5. The Labute approximate surface area is 122 Å². The van der Waals surface area contributed by atoms with Gasteiger partial charge in [-0.1, -0.05) is 30.7 Å². The minimum atomic E-state index is 0.670. The molecule has 1 unspecified atom stereocenters. The van der Waals surface area contributed by atoms with Gasteiger partial charge in [-0.3, -0.25) is 4.90 Å². The molecule has 0 amide bonds. The zero-order valence-corrected chi connectivity index (χ0v) is 12.8. The van der Waals surface area contributed by atoms with E-state index in [1.165, 1.54) is 36.9 Å². The van der Waals surface area contributed by atoms with E-state index < -0.39 is 0 Å². The first-order valence-corrected chi connectivity index (χ1v) is 7.78. The monoisotopic (exact) mass is 280 g/mol. The third-order valence-electron chi connectivity index (χ3n) is 3.89. The Hall–Kier alpha value is -0.570. The lowest BCUT2D eigenvalue weighted by molar-refractivity contribution is 0.239. The minimum Gasteiger partial charge on any atom is -0.315 e. The Balaban J connectivity index is 1.93. The van der Waals surface area contributed by atoms with E-state index in [4.69, 9.17) is 11.6 Å². The summed E-state index contributed by atoms with van der Waals surface area (Å²) in [6.07, 6.45) is 3.82. The Kier molecular flexibility index (Phi) is 5.68. The summed E-state index contributed by atoms with van der Waals surface area (Å²) >= 11 is 6.34. The van der Waals surface area contributed by atoms with Crippen LogP contribution in [0.25, 0.3) is 0 Å². The topological polar surface area (TPSA) is 15.3 Å². The molecule has 1 aromatic rings. The quantitative estimate of drug-likeness (QED) is 0.801. The van der Waals surface area contributed by atoms with Crippen molar-refractivity contribution >= 4 is 11.6 Å². The van der Waals surface area contributed by atoms with Gasteiger partial charge >= 0.3 is 0 Å². The van der Waals surface area contributed by atoms with Crippen LogP contribution >= 0.6 is 11.6 Å². The fraction of sp³-hybridized carbons (Fsp3) is 0.625. The number of aryl methyl sites for hydroxylation is 1. The van der Waals surface area contributed by atoms with Crippen LogP contribution in [-0.2, 0) is 6.54 Å². The van der Waals surface area contributed by atoms with E-state index in [2.05, 4.69) is 42.3 Å². The number of likely N-dealkylation sites (tertiary alicyclic amines) is 1. The number of rotatable bonds is 6. The standard InChI is InChI=1S/C16H25ClN2/c1-3-8-18-11-15-5-4-9-19(15)12-14-7-6-13(2)10-16(14)17/h6-7,10,15,18H,3-5,8-9,11-12H2,1-2H3. The Morgan fingerprint density at radius 1 is 1.42 bits per heavy atom. The van der Waals surface area contributed by atoms with E-state index >= 15 is 0 Å². The largest absolute Gasteiger partial charge is 0.315 e. The summed E-state index contributed by atoms with van der Waals surface area (Å²) in [4.78, 5) is 2.57. The summed E-state index contributed by atoms with van der Waals surface area (Å²) in [5.41, 5.74) is 2.49. The number of hydrogen-bond acceptors (Lipinski definition) is 2. The molecule has 1 saturated heterocycles. The molecule has 0 saturated carbocycles. The third kappa shape index (κ3) is 4.20. The van der Waals surface area contributed by atoms with Gasteiger partial charge in [0.1, 0.15) is 0 Å². The van der Waals surface area contributed by atoms with Gasteiger partial charge in [0, 0.05) is 24.2 Å². The highest BCUT2D eigenvalue weighted by Gasteiger charge is 2.24. The highest BCUT2D eigenvalue weighted by molar-refractivity contribution is 6.31. The number of benzene rings is 1. The van der Waals surface area contributed by atoms with Gasteiger partial charge in [0.25, 0.3) is 0 Å². The molecule has 1 aliphatic rings. The first kappa shape index (κ1) is 14.8. The second-order valence-electron chi connectivity index (χ2n) is 5.57. The SMILES string of the molecule is CCCNCC1CCCN1Cc1ccc(C)cc1Cl. The molecular weight excluding hydrogens is 256 g/mol. The number of halogens is 1. The van der Waals surface area contributed by atoms with Gasteiger partial charge in [-0.15, -0.1) is 0 Å². The summed E-state index contributed by atoms with van der Waals surface area (Å²) in [5, 5.41) is 4.45. The summed E-state index contributed by atoms with van der Waals surface area (Å²) < 4.78 is 0. The molecular formula is C16H25ClN2. The molecule has 0 radical (unpaired) electrons. The average Bonchev–Trinajstić information content (AvgIpc) is 2.81. The van der Waals surface area contributed by atoms with Crippen molar-refractivity contribution in [3.05, 3.63) is 34.3 Å². The Morgan fingerprint density at radius 2 is 2.26 bits per heavy atom. The molecule has 1 heterocycles. The van der Waals surface area contributed by atoms with Crippen molar-refractivity contribution in [1.82, 2.24) is 10.2 Å². The summed E-state index contributed by atoms with van der Waals surface area (Å²) in [6.45, 7) is 8.71. The van der Waals surface area contributed by atoms with E-state index in [0.717, 1.165) is 24.7 Å². The lowest BCUT2D eigenvalue weighted by Gasteiger charge is -2.25. The van der Waals surface area contributed by atoms with Gasteiger partial charge < -0.3 is 5.32 Å². The van der Waals surface area contributed by atoms with Crippen molar-refractivity contribution in [2.24, 2.45) is 0 Å². The zero-order valence-electron chi connectivity index (χ0n) is 12.1. The van der Waals surface area contributed by atoms with Crippen molar-refractivity contribution in [2.45, 2.75) is 45.7 Å². The van der Waals surface area contributed by atoms with Gasteiger partial charge in [-0.05, 0) is 56.5 Å². The minimum absolute atomic E-state index is 0.670. The highest BCUT2D eigenvalue weighted by Crippen LogP contribution is 2.24. The van der Waals surface area contributed by atoms with Gasteiger partial charge in [0.15, 0.2) is 0 Å². The lowest BCUT2D eigenvalue weighted by Crippen LogP contribution is -2.37. The molecule has 1 aliphatic heterocycles. The van der Waals surface area contributed by atoms with Crippen molar-refractivity contribution in [2.75, 3.05) is 19.6 Å². The molecule has 2 nitrogen and oxygen atoms in total. The van der Waals surface area contributed by atoms with Crippen molar-refractivity contribution in [3.63, 3.8) is 0 Å². The molecule has 106 valence electrons. The average molecular weight is 281 g/mol. The molecule has 0 spiro atoms. The van der Waals surface area contributed by atoms with Crippen LogP contribution in [0.3, 0.4) is 0 Å². The molecule has 0 aliphatic carbocycles. The van der Waals surface area contributed by atoms with Crippen molar-refractivity contribution in [1.29, 1.82) is 0 Å². The summed E-state index contributed by atoms with van der Waals surface area (Å²) in [7, 11) is 0. The third-order valence-corrected chi connectivity index (χ3v) is 4.24. The molecule has 1 aromatic carbocycles. The van der Waals surface area contributed by atoms with Crippen LogP contribution in [0.5, 0.6) is 0 Å². The zero-order chi connectivity index (χ0) is 13.7. The van der Waals surface area contributed by atoms with Gasteiger partial charge in [-0.2, -0.15) is 0 Å². The van der Waals surface area contributed by atoms with E-state index in [1.54, 1.807) is 0 Å². The molecule has 19 heavy (non-hydrogen) atoms. The fourth-order valence-corrected chi connectivity index (χ4v) is 3.07. The molecule has 0 bridgehead atoms. The first-order chi connectivity index (χ1) is 9.20. The lowest BCUT2D eigenvalue weighted by atomic mass is 10.1. The van der Waals surface area contributed by atoms with Crippen molar-refractivity contribution in [3.8, 4) is 0 Å². The maximum atomic E-state index is 6.34. The molecule has 3 heteroatoms. The normalized spacial score (nSPS) is 20.1. The maximum Gasteiger partial charge on any atom is 0.0453 e. The number of nitrogens with zero attached hydrogens (tertiary/aromatic N) is 1. The maximum absolute atomic E-state index is 6.34. The van der Waals surface area contributed by atoms with Crippen LogP contribution in [0.15, 0.2) is 18.2 Å². The summed E-state index contributed by atoms with van der Waals surface area (Å²) in [5.74, 6) is 0.